The lowest BCUT2D eigenvalue weighted by Crippen LogP contribution is -2.26. The fourth-order valence-corrected chi connectivity index (χ4v) is 4.53. The highest BCUT2D eigenvalue weighted by molar-refractivity contribution is 7.91. The van der Waals surface area contributed by atoms with Crippen molar-refractivity contribution in [3.05, 3.63) is 52.4 Å². The molecule has 21 heavy (non-hydrogen) atoms. The summed E-state index contributed by atoms with van der Waals surface area (Å²) in [5.41, 5.74) is 1.29. The highest BCUT2D eigenvalue weighted by Crippen LogP contribution is 2.27. The Morgan fingerprint density at radius 2 is 1.90 bits per heavy atom. The summed E-state index contributed by atoms with van der Waals surface area (Å²) < 4.78 is 27.2. The van der Waals surface area contributed by atoms with Crippen molar-refractivity contribution in [3.8, 4) is 0 Å². The monoisotopic (exact) mass is 325 g/mol. The maximum Gasteiger partial charge on any atom is 0.346 e. The van der Waals surface area contributed by atoms with Crippen LogP contribution < -0.4 is 4.72 Å². The first-order valence-electron chi connectivity index (χ1n) is 6.22. The number of hydrogen-bond acceptors (Lipinski definition) is 4. The highest BCUT2D eigenvalue weighted by Gasteiger charge is 2.23. The van der Waals surface area contributed by atoms with Crippen LogP contribution in [0.1, 0.15) is 33.8 Å². The van der Waals surface area contributed by atoms with E-state index < -0.39 is 22.0 Å². The van der Waals surface area contributed by atoms with Gasteiger partial charge in [0.05, 0.1) is 0 Å². The number of aryl methyl sites for hydroxylation is 1. The Bertz CT molecular complexity index is 751. The van der Waals surface area contributed by atoms with Crippen LogP contribution in [0.3, 0.4) is 0 Å². The van der Waals surface area contributed by atoms with Gasteiger partial charge in [0, 0.05) is 6.04 Å². The quantitative estimate of drug-likeness (QED) is 0.885. The van der Waals surface area contributed by atoms with Gasteiger partial charge in [-0.25, -0.2) is 17.9 Å². The zero-order valence-electron chi connectivity index (χ0n) is 11.5. The Balaban J connectivity index is 2.27. The molecule has 0 amide bonds. The number of sulfonamides is 1. The van der Waals surface area contributed by atoms with Crippen LogP contribution >= 0.6 is 11.3 Å². The van der Waals surface area contributed by atoms with E-state index in [4.69, 9.17) is 5.11 Å². The summed E-state index contributed by atoms with van der Waals surface area (Å²) in [6, 6.07) is 10.2. The van der Waals surface area contributed by atoms with Gasteiger partial charge in [-0.3, -0.25) is 0 Å². The largest absolute Gasteiger partial charge is 0.477 e. The van der Waals surface area contributed by atoms with Crippen LogP contribution in [0.5, 0.6) is 0 Å². The van der Waals surface area contributed by atoms with E-state index in [1.54, 1.807) is 13.8 Å². The van der Waals surface area contributed by atoms with Crippen LogP contribution in [0.15, 0.2) is 40.6 Å². The second kappa shape index (κ2) is 5.97. The second-order valence-corrected chi connectivity index (χ2v) is 7.63. The summed E-state index contributed by atoms with van der Waals surface area (Å²) in [6.07, 6.45) is 0. The van der Waals surface area contributed by atoms with E-state index >= 15 is 0 Å². The van der Waals surface area contributed by atoms with Crippen LogP contribution in [0, 0.1) is 6.92 Å². The Kier molecular flexibility index (Phi) is 4.46. The predicted octanol–water partition coefficient (Wildman–Crippen LogP) is 2.79. The van der Waals surface area contributed by atoms with Crippen molar-refractivity contribution in [1.82, 2.24) is 4.72 Å². The molecule has 0 spiro atoms. The molecule has 0 saturated carbocycles. The summed E-state index contributed by atoms with van der Waals surface area (Å²) in [7, 11) is -3.74. The molecule has 0 bridgehead atoms. The molecule has 1 atom stereocenters. The fraction of sp³-hybridized carbons (Fsp3) is 0.214. The number of rotatable bonds is 5. The molecular formula is C14H15NO4S2. The van der Waals surface area contributed by atoms with Crippen LogP contribution in [-0.2, 0) is 10.0 Å². The van der Waals surface area contributed by atoms with Gasteiger partial charge in [0.15, 0.2) is 0 Å². The fourth-order valence-electron chi connectivity index (χ4n) is 1.90. The van der Waals surface area contributed by atoms with Crippen molar-refractivity contribution in [2.45, 2.75) is 24.1 Å². The van der Waals surface area contributed by atoms with Crippen molar-refractivity contribution in [3.63, 3.8) is 0 Å². The molecule has 0 aliphatic rings. The van der Waals surface area contributed by atoms with Gasteiger partial charge in [0.25, 0.3) is 10.0 Å². The van der Waals surface area contributed by atoms with Crippen LogP contribution in [0.4, 0.5) is 0 Å². The molecule has 0 radical (unpaired) electrons. The van der Waals surface area contributed by atoms with Crippen LogP contribution in [0.2, 0.25) is 0 Å². The van der Waals surface area contributed by atoms with Gasteiger partial charge < -0.3 is 5.11 Å². The van der Waals surface area contributed by atoms with Gasteiger partial charge in [-0.1, -0.05) is 30.3 Å². The molecule has 1 heterocycles. The van der Waals surface area contributed by atoms with Crippen molar-refractivity contribution < 1.29 is 18.3 Å². The summed E-state index contributed by atoms with van der Waals surface area (Å²) in [5.74, 6) is -1.12. The van der Waals surface area contributed by atoms with Gasteiger partial charge in [-0.15, -0.1) is 11.3 Å². The number of hydrogen-bond donors (Lipinski definition) is 2. The number of aromatic carboxylic acids is 1. The highest BCUT2D eigenvalue weighted by atomic mass is 32.2. The number of benzene rings is 1. The minimum Gasteiger partial charge on any atom is -0.477 e. The Labute approximate surface area is 127 Å². The van der Waals surface area contributed by atoms with E-state index in [2.05, 4.69) is 4.72 Å². The van der Waals surface area contributed by atoms with Crippen LogP contribution in [-0.4, -0.2) is 19.5 Å². The summed E-state index contributed by atoms with van der Waals surface area (Å²) in [4.78, 5) is 11.0. The lowest BCUT2D eigenvalue weighted by Gasteiger charge is -2.13. The third-order valence-corrected chi connectivity index (χ3v) is 6.23. The zero-order valence-corrected chi connectivity index (χ0v) is 13.2. The van der Waals surface area contributed by atoms with E-state index in [0.717, 1.165) is 16.9 Å². The van der Waals surface area contributed by atoms with Gasteiger partial charge in [0.1, 0.15) is 9.09 Å². The van der Waals surface area contributed by atoms with Gasteiger partial charge in [0.2, 0.25) is 0 Å². The molecular weight excluding hydrogens is 310 g/mol. The molecule has 2 N–H and O–H groups in total. The zero-order chi connectivity index (χ0) is 15.6. The average molecular weight is 325 g/mol. The maximum absolute atomic E-state index is 12.3. The number of carboxylic acid groups (broad SMARTS) is 1. The number of carbonyl (C=O) groups is 1. The van der Waals surface area contributed by atoms with E-state index in [9.17, 15) is 13.2 Å². The number of thiophene rings is 1. The first-order valence-corrected chi connectivity index (χ1v) is 8.52. The van der Waals surface area contributed by atoms with Gasteiger partial charge in [-0.2, -0.15) is 0 Å². The Morgan fingerprint density at radius 1 is 1.29 bits per heavy atom. The molecule has 1 aromatic carbocycles. The standard InChI is InChI=1S/C14H15NO4S2/c1-9-8-12(20-13(9)14(16)17)21(18,19)15-10(2)11-6-4-3-5-7-11/h3-8,10,15H,1-2H3,(H,16,17)/t10-/m1/s1. The molecule has 0 unspecified atom stereocenters. The first-order chi connectivity index (χ1) is 9.81. The first kappa shape index (κ1) is 15.7. The molecule has 5 nitrogen and oxygen atoms in total. The molecule has 0 aliphatic carbocycles. The second-order valence-electron chi connectivity index (χ2n) is 4.64. The van der Waals surface area contributed by atoms with Crippen LogP contribution in [0.25, 0.3) is 0 Å². The predicted molar refractivity (Wildman–Crippen MR) is 81.2 cm³/mol. The summed E-state index contributed by atoms with van der Waals surface area (Å²) in [5, 5.41) is 9.00. The van der Waals surface area contributed by atoms with E-state index in [0.29, 0.717) is 5.56 Å². The molecule has 0 fully saturated rings. The third-order valence-electron chi connectivity index (χ3n) is 2.99. The lowest BCUT2D eigenvalue weighted by atomic mass is 10.1. The minimum atomic E-state index is -3.74. The molecule has 2 rings (SSSR count). The Morgan fingerprint density at radius 3 is 2.43 bits per heavy atom. The molecule has 112 valence electrons. The summed E-state index contributed by atoms with van der Waals surface area (Å²) >= 11 is 0.762. The van der Waals surface area contributed by atoms with Gasteiger partial charge in [-0.05, 0) is 31.0 Å². The van der Waals surface area contributed by atoms with Crippen molar-refractivity contribution in [2.24, 2.45) is 0 Å². The molecule has 0 aliphatic heterocycles. The SMILES string of the molecule is Cc1cc(S(=O)(=O)N[C@H](C)c2ccccc2)sc1C(=O)O. The summed E-state index contributed by atoms with van der Waals surface area (Å²) in [6.45, 7) is 3.32. The molecule has 0 saturated heterocycles. The molecule has 2 aromatic rings. The van der Waals surface area contributed by atoms with E-state index in [1.807, 2.05) is 30.3 Å². The third kappa shape index (κ3) is 3.49. The Hall–Kier alpha value is -1.70. The topological polar surface area (TPSA) is 83.5 Å². The smallest absolute Gasteiger partial charge is 0.346 e. The normalized spacial score (nSPS) is 13.0. The van der Waals surface area contributed by atoms with E-state index in [1.165, 1.54) is 6.07 Å². The number of nitrogens with one attached hydrogen (secondary N) is 1. The van der Waals surface area contributed by atoms with Crippen molar-refractivity contribution in [2.75, 3.05) is 0 Å². The lowest BCUT2D eigenvalue weighted by molar-refractivity contribution is 0.0701. The minimum absolute atomic E-state index is 0.0141. The average Bonchev–Trinajstić information content (AvgIpc) is 2.82. The van der Waals surface area contributed by atoms with Gasteiger partial charge >= 0.3 is 5.97 Å². The van der Waals surface area contributed by atoms with E-state index in [-0.39, 0.29) is 9.09 Å². The number of carboxylic acids is 1. The molecule has 7 heteroatoms. The molecule has 1 aromatic heterocycles. The van der Waals surface area contributed by atoms with Crippen molar-refractivity contribution >= 4 is 27.3 Å². The van der Waals surface area contributed by atoms with Crippen molar-refractivity contribution in [1.29, 1.82) is 0 Å². The maximum atomic E-state index is 12.3.